The Morgan fingerprint density at radius 3 is 2.50 bits per heavy atom. The Morgan fingerprint density at radius 2 is 1.90 bits per heavy atom. The lowest BCUT2D eigenvalue weighted by Gasteiger charge is -2.31. The van der Waals surface area contributed by atoms with Crippen molar-refractivity contribution in [1.29, 1.82) is 0 Å². The van der Waals surface area contributed by atoms with E-state index in [1.807, 2.05) is 20.8 Å². The summed E-state index contributed by atoms with van der Waals surface area (Å²) in [7, 11) is 0. The molecule has 2 fully saturated rings. The molecule has 20 heavy (non-hydrogen) atoms. The average molecular weight is 282 g/mol. The molecule has 0 radical (unpaired) electrons. The zero-order valence-electron chi connectivity index (χ0n) is 12.8. The van der Waals surface area contributed by atoms with E-state index >= 15 is 0 Å². The molecule has 1 amide bonds. The minimum absolute atomic E-state index is 0.0863. The number of nitrogens with one attached hydrogen (secondary N) is 1. The minimum atomic E-state index is -0.518. The van der Waals surface area contributed by atoms with Crippen LogP contribution in [-0.2, 0) is 9.53 Å². The molecular weight excluding hydrogens is 256 g/mol. The topological polar surface area (TPSA) is 58.6 Å². The molecule has 1 unspecified atom stereocenters. The Bertz CT molecular complexity index is 370. The van der Waals surface area contributed by atoms with Crippen molar-refractivity contribution in [3.05, 3.63) is 0 Å². The first kappa shape index (κ1) is 15.3. The smallest absolute Gasteiger partial charge is 0.410 e. The van der Waals surface area contributed by atoms with Crippen LogP contribution in [0.5, 0.6) is 0 Å². The van der Waals surface area contributed by atoms with Gasteiger partial charge in [-0.3, -0.25) is 9.69 Å². The summed E-state index contributed by atoms with van der Waals surface area (Å²) < 4.78 is 5.40. The Kier molecular flexibility index (Phi) is 4.68. The first-order valence-electron chi connectivity index (χ1n) is 7.65. The third-order valence-corrected chi connectivity index (χ3v) is 3.86. The van der Waals surface area contributed by atoms with Crippen LogP contribution in [0.2, 0.25) is 0 Å². The number of Topliss-reactive ketones (excluding diaryl/α,β-unsaturated/α-hetero) is 1. The van der Waals surface area contributed by atoms with Crippen LogP contribution in [-0.4, -0.2) is 47.6 Å². The van der Waals surface area contributed by atoms with Gasteiger partial charge in [0.05, 0.1) is 12.1 Å². The van der Waals surface area contributed by atoms with E-state index in [1.165, 1.54) is 0 Å². The fourth-order valence-corrected chi connectivity index (χ4v) is 2.93. The fraction of sp³-hybridized carbons (Fsp3) is 0.867. The summed E-state index contributed by atoms with van der Waals surface area (Å²) in [4.78, 5) is 26.4. The van der Waals surface area contributed by atoms with Crippen molar-refractivity contribution >= 4 is 11.9 Å². The molecule has 0 aromatic rings. The van der Waals surface area contributed by atoms with Crippen LogP contribution in [0.1, 0.15) is 52.9 Å². The second kappa shape index (κ2) is 6.12. The largest absolute Gasteiger partial charge is 0.444 e. The normalized spacial score (nSPS) is 27.4. The van der Waals surface area contributed by atoms with E-state index in [9.17, 15) is 9.59 Å². The highest BCUT2D eigenvalue weighted by atomic mass is 16.6. The van der Waals surface area contributed by atoms with Crippen molar-refractivity contribution < 1.29 is 14.3 Å². The maximum atomic E-state index is 12.6. The Labute approximate surface area is 121 Å². The van der Waals surface area contributed by atoms with Crippen molar-refractivity contribution in [3.8, 4) is 0 Å². The van der Waals surface area contributed by atoms with Gasteiger partial charge in [0.2, 0.25) is 0 Å². The van der Waals surface area contributed by atoms with Crippen LogP contribution in [0.15, 0.2) is 0 Å². The third-order valence-electron chi connectivity index (χ3n) is 3.86. The van der Waals surface area contributed by atoms with E-state index in [-0.39, 0.29) is 24.0 Å². The first-order chi connectivity index (χ1) is 9.38. The second-order valence-electron chi connectivity index (χ2n) is 6.74. The van der Waals surface area contributed by atoms with Gasteiger partial charge in [-0.05, 0) is 53.0 Å². The summed E-state index contributed by atoms with van der Waals surface area (Å²) in [5, 5.41) is 3.28. The summed E-state index contributed by atoms with van der Waals surface area (Å²) in [6, 6.07) is -0.391. The molecule has 5 nitrogen and oxygen atoms in total. The Morgan fingerprint density at radius 1 is 1.15 bits per heavy atom. The van der Waals surface area contributed by atoms with Crippen LogP contribution < -0.4 is 5.32 Å². The standard InChI is InChI=1S/C15H26N2O3/c1-15(2,3)20-14(19)17-10-6-8-12(17)13(18)11-7-4-5-9-16-11/h11-12,16H,4-10H2,1-3H3/t11?,12-/m0/s1. The number of amides is 1. The highest BCUT2D eigenvalue weighted by Gasteiger charge is 2.39. The van der Waals surface area contributed by atoms with Crippen LogP contribution in [0, 0.1) is 0 Å². The molecule has 2 aliphatic heterocycles. The molecule has 5 heteroatoms. The van der Waals surface area contributed by atoms with Gasteiger partial charge in [-0.1, -0.05) is 6.42 Å². The summed E-state index contributed by atoms with van der Waals surface area (Å²) in [5.41, 5.74) is -0.518. The molecule has 0 aliphatic carbocycles. The Hall–Kier alpha value is -1.10. The lowest BCUT2D eigenvalue weighted by atomic mass is 9.95. The predicted molar refractivity (Wildman–Crippen MR) is 76.6 cm³/mol. The molecule has 2 aliphatic rings. The molecular formula is C15H26N2O3. The number of piperidine rings is 1. The van der Waals surface area contributed by atoms with Gasteiger partial charge in [0.15, 0.2) is 5.78 Å². The van der Waals surface area contributed by atoms with Gasteiger partial charge in [0.25, 0.3) is 0 Å². The molecule has 1 N–H and O–H groups in total. The average Bonchev–Trinajstić information content (AvgIpc) is 2.86. The third kappa shape index (κ3) is 3.72. The quantitative estimate of drug-likeness (QED) is 0.842. The van der Waals surface area contributed by atoms with Gasteiger partial charge >= 0.3 is 6.09 Å². The van der Waals surface area contributed by atoms with E-state index in [0.29, 0.717) is 6.54 Å². The van der Waals surface area contributed by atoms with Gasteiger partial charge in [-0.15, -0.1) is 0 Å². The first-order valence-corrected chi connectivity index (χ1v) is 7.65. The van der Waals surface area contributed by atoms with Crippen LogP contribution in [0.25, 0.3) is 0 Å². The van der Waals surface area contributed by atoms with E-state index in [0.717, 1.165) is 38.6 Å². The molecule has 0 saturated carbocycles. The van der Waals surface area contributed by atoms with Gasteiger partial charge < -0.3 is 10.1 Å². The summed E-state index contributed by atoms with van der Waals surface area (Å²) in [6.07, 6.45) is 4.38. The Balaban J connectivity index is 1.99. The predicted octanol–water partition coefficient (Wildman–Crippen LogP) is 2.10. The molecule has 0 aromatic carbocycles. The van der Waals surface area contributed by atoms with E-state index in [1.54, 1.807) is 4.90 Å². The zero-order valence-corrected chi connectivity index (χ0v) is 12.8. The van der Waals surface area contributed by atoms with Gasteiger partial charge in [-0.25, -0.2) is 4.79 Å². The van der Waals surface area contributed by atoms with Crippen molar-refractivity contribution in [2.75, 3.05) is 13.1 Å². The number of nitrogens with zero attached hydrogens (tertiary/aromatic N) is 1. The van der Waals surface area contributed by atoms with Crippen molar-refractivity contribution in [2.24, 2.45) is 0 Å². The van der Waals surface area contributed by atoms with Gasteiger partial charge in [0.1, 0.15) is 5.60 Å². The molecule has 2 saturated heterocycles. The molecule has 0 aromatic heterocycles. The van der Waals surface area contributed by atoms with E-state index in [2.05, 4.69) is 5.32 Å². The number of likely N-dealkylation sites (tertiary alicyclic amines) is 1. The van der Waals surface area contributed by atoms with Gasteiger partial charge in [-0.2, -0.15) is 0 Å². The van der Waals surface area contributed by atoms with Crippen LogP contribution in [0.3, 0.4) is 0 Å². The number of ether oxygens (including phenoxy) is 1. The number of carbonyl (C=O) groups excluding carboxylic acids is 2. The number of rotatable bonds is 2. The minimum Gasteiger partial charge on any atom is -0.444 e. The highest BCUT2D eigenvalue weighted by Crippen LogP contribution is 2.24. The molecule has 114 valence electrons. The number of hydrogen-bond donors (Lipinski definition) is 1. The molecule has 2 atom stereocenters. The lowest BCUT2D eigenvalue weighted by Crippen LogP contribution is -2.51. The highest BCUT2D eigenvalue weighted by molar-refractivity contribution is 5.92. The van der Waals surface area contributed by atoms with Crippen molar-refractivity contribution in [1.82, 2.24) is 10.2 Å². The van der Waals surface area contributed by atoms with Crippen LogP contribution in [0.4, 0.5) is 4.79 Å². The van der Waals surface area contributed by atoms with Crippen LogP contribution >= 0.6 is 0 Å². The molecule has 0 bridgehead atoms. The van der Waals surface area contributed by atoms with Gasteiger partial charge in [0, 0.05) is 6.54 Å². The number of carbonyl (C=O) groups is 2. The molecule has 0 spiro atoms. The summed E-state index contributed by atoms with van der Waals surface area (Å²) in [5.74, 6) is 0.160. The maximum absolute atomic E-state index is 12.6. The zero-order chi connectivity index (χ0) is 14.8. The van der Waals surface area contributed by atoms with Crippen molar-refractivity contribution in [2.45, 2.75) is 70.6 Å². The number of ketones is 1. The maximum Gasteiger partial charge on any atom is 0.410 e. The molecule has 2 heterocycles. The second-order valence-corrected chi connectivity index (χ2v) is 6.74. The lowest BCUT2D eigenvalue weighted by molar-refractivity contribution is -0.125. The number of hydrogen-bond acceptors (Lipinski definition) is 4. The summed E-state index contributed by atoms with van der Waals surface area (Å²) >= 11 is 0. The molecule has 2 rings (SSSR count). The van der Waals surface area contributed by atoms with E-state index < -0.39 is 5.60 Å². The monoisotopic (exact) mass is 282 g/mol. The SMILES string of the molecule is CC(C)(C)OC(=O)N1CCC[C@H]1C(=O)C1CCCCN1. The fourth-order valence-electron chi connectivity index (χ4n) is 2.93. The van der Waals surface area contributed by atoms with E-state index in [4.69, 9.17) is 4.74 Å². The summed E-state index contributed by atoms with van der Waals surface area (Å²) in [6.45, 7) is 7.06. The van der Waals surface area contributed by atoms with Crippen molar-refractivity contribution in [3.63, 3.8) is 0 Å².